The Morgan fingerprint density at radius 3 is 3.00 bits per heavy atom. The number of allylic oxidation sites excluding steroid dienone is 1. The molecule has 0 saturated heterocycles. The molecule has 1 aromatic heterocycles. The van der Waals surface area contributed by atoms with Gasteiger partial charge in [-0.25, -0.2) is 0 Å². The summed E-state index contributed by atoms with van der Waals surface area (Å²) in [4.78, 5) is 8.05. The van der Waals surface area contributed by atoms with Gasteiger partial charge in [-0.2, -0.15) is 0 Å². The van der Waals surface area contributed by atoms with Crippen LogP contribution in [0, 0.1) is 12.3 Å². The molecule has 0 fully saturated rings. The quantitative estimate of drug-likeness (QED) is 0.203. The zero-order valence-corrected chi connectivity index (χ0v) is 14.6. The van der Waals surface area contributed by atoms with Crippen LogP contribution in [-0.2, 0) is 16.1 Å². The highest BCUT2D eigenvalue weighted by molar-refractivity contribution is 9.10. The van der Waals surface area contributed by atoms with Crippen molar-refractivity contribution < 1.29 is 9.47 Å². The van der Waals surface area contributed by atoms with E-state index in [0.29, 0.717) is 30.9 Å². The average molecular weight is 416 g/mol. The molecule has 1 aromatic rings. The molecule has 0 N–H and O–H groups in total. The van der Waals surface area contributed by atoms with E-state index in [1.54, 1.807) is 18.6 Å². The van der Waals surface area contributed by atoms with E-state index in [-0.39, 0.29) is 0 Å². The summed E-state index contributed by atoms with van der Waals surface area (Å²) in [5.74, 6) is 2.86. The number of ether oxygens (including phenoxy) is 2. The second kappa shape index (κ2) is 11.5. The molecule has 4 nitrogen and oxygen atoms in total. The van der Waals surface area contributed by atoms with Gasteiger partial charge in [-0.15, -0.1) is 6.42 Å². The van der Waals surface area contributed by atoms with Gasteiger partial charge >= 0.3 is 0 Å². The van der Waals surface area contributed by atoms with Gasteiger partial charge in [0.2, 0.25) is 0 Å². The van der Waals surface area contributed by atoms with Crippen LogP contribution in [-0.4, -0.2) is 29.7 Å². The van der Waals surface area contributed by atoms with E-state index in [4.69, 9.17) is 15.9 Å². The van der Waals surface area contributed by atoms with Gasteiger partial charge in [0.05, 0.1) is 26.0 Å². The van der Waals surface area contributed by atoms with E-state index in [1.165, 1.54) is 6.20 Å². The first-order chi connectivity index (χ1) is 10.3. The number of alkyl halides is 1. The SMILES string of the molecule is C#C/C(=C\N=CCBr)OCCCOCc1cncc(Br)c1. The lowest BCUT2D eigenvalue weighted by atomic mass is 10.3. The fraction of sp³-hybridized carbons (Fsp3) is 0.333. The summed E-state index contributed by atoms with van der Waals surface area (Å²) in [6, 6.07) is 1.98. The number of halogens is 2. The Labute approximate surface area is 141 Å². The Bertz CT molecular complexity index is 525. The van der Waals surface area contributed by atoms with E-state index in [9.17, 15) is 0 Å². The van der Waals surface area contributed by atoms with Crippen molar-refractivity contribution in [2.75, 3.05) is 18.5 Å². The molecule has 1 rings (SSSR count). The van der Waals surface area contributed by atoms with Crippen LogP contribution < -0.4 is 0 Å². The molecule has 0 aromatic carbocycles. The first-order valence-electron chi connectivity index (χ1n) is 6.30. The third-order valence-electron chi connectivity index (χ3n) is 2.23. The Kier molecular flexibility index (Phi) is 9.79. The molecule has 21 heavy (non-hydrogen) atoms. The number of aliphatic imine (C=N–C) groups is 1. The number of pyridine rings is 1. The van der Waals surface area contributed by atoms with Crippen LogP contribution in [0.25, 0.3) is 0 Å². The molecular weight excluding hydrogens is 400 g/mol. The van der Waals surface area contributed by atoms with Crippen LogP contribution >= 0.6 is 31.9 Å². The average Bonchev–Trinajstić information content (AvgIpc) is 2.49. The van der Waals surface area contributed by atoms with Gasteiger partial charge in [-0.3, -0.25) is 9.98 Å². The zero-order valence-electron chi connectivity index (χ0n) is 11.5. The highest BCUT2D eigenvalue weighted by Crippen LogP contribution is 2.10. The molecular formula is C15H16Br2N2O2. The third kappa shape index (κ3) is 8.66. The van der Waals surface area contributed by atoms with Gasteiger partial charge in [0.15, 0.2) is 5.76 Å². The summed E-state index contributed by atoms with van der Waals surface area (Å²) in [7, 11) is 0. The van der Waals surface area contributed by atoms with Crippen LogP contribution in [0.2, 0.25) is 0 Å². The van der Waals surface area contributed by atoms with Crippen molar-refractivity contribution in [3.05, 3.63) is 40.5 Å². The number of terminal acetylenes is 1. The second-order valence-corrected chi connectivity index (χ2v) is 5.45. The van der Waals surface area contributed by atoms with E-state index >= 15 is 0 Å². The molecule has 0 aliphatic rings. The molecule has 0 aliphatic heterocycles. The van der Waals surface area contributed by atoms with Crippen molar-refractivity contribution in [1.82, 2.24) is 4.98 Å². The van der Waals surface area contributed by atoms with Crippen molar-refractivity contribution in [3.63, 3.8) is 0 Å². The lowest BCUT2D eigenvalue weighted by molar-refractivity contribution is 0.0977. The van der Waals surface area contributed by atoms with E-state index in [0.717, 1.165) is 16.5 Å². The van der Waals surface area contributed by atoms with Gasteiger partial charge in [0.1, 0.15) is 0 Å². The minimum atomic E-state index is 0.420. The summed E-state index contributed by atoms with van der Waals surface area (Å²) in [6.45, 7) is 1.62. The zero-order chi connectivity index (χ0) is 15.3. The molecule has 0 saturated carbocycles. The van der Waals surface area contributed by atoms with Gasteiger partial charge in [-0.05, 0) is 33.5 Å². The molecule has 0 unspecified atom stereocenters. The predicted molar refractivity (Wildman–Crippen MR) is 91.4 cm³/mol. The van der Waals surface area contributed by atoms with Crippen LogP contribution in [0.4, 0.5) is 0 Å². The predicted octanol–water partition coefficient (Wildman–Crippen LogP) is 3.71. The summed E-state index contributed by atoms with van der Waals surface area (Å²) in [6.07, 6.45) is 12.8. The number of hydrogen-bond acceptors (Lipinski definition) is 4. The number of aromatic nitrogens is 1. The standard InChI is InChI=1S/C15H16Br2N2O2/c1-2-15(11-18-5-4-16)21-7-3-6-20-12-13-8-14(17)10-19-9-13/h1,5,8-11H,3-4,6-7,12H2/b15-11+,18-5?. The largest absolute Gasteiger partial charge is 0.484 e. The molecule has 0 bridgehead atoms. The first kappa shape index (κ1) is 17.9. The minimum Gasteiger partial charge on any atom is -0.484 e. The first-order valence-corrected chi connectivity index (χ1v) is 8.22. The lowest BCUT2D eigenvalue weighted by Crippen LogP contribution is -2.01. The Hall–Kier alpha value is -1.16. The van der Waals surface area contributed by atoms with Crippen LogP contribution in [0.15, 0.2) is 39.9 Å². The van der Waals surface area contributed by atoms with Crippen molar-refractivity contribution in [3.8, 4) is 12.3 Å². The maximum absolute atomic E-state index is 5.54. The van der Waals surface area contributed by atoms with Gasteiger partial charge in [0.25, 0.3) is 0 Å². The highest BCUT2D eigenvalue weighted by Gasteiger charge is 1.97. The third-order valence-corrected chi connectivity index (χ3v) is 2.95. The summed E-state index contributed by atoms with van der Waals surface area (Å²) in [5.41, 5.74) is 1.03. The van der Waals surface area contributed by atoms with Crippen molar-refractivity contribution >= 4 is 38.1 Å². The molecule has 0 amide bonds. The van der Waals surface area contributed by atoms with Gasteiger partial charge in [0, 0.05) is 34.8 Å². The molecule has 112 valence electrons. The van der Waals surface area contributed by atoms with Crippen LogP contribution in [0.5, 0.6) is 0 Å². The molecule has 1 heterocycles. The van der Waals surface area contributed by atoms with E-state index in [2.05, 4.69) is 47.8 Å². The van der Waals surface area contributed by atoms with Crippen molar-refractivity contribution in [2.24, 2.45) is 4.99 Å². The Morgan fingerprint density at radius 2 is 2.29 bits per heavy atom. The second-order valence-electron chi connectivity index (χ2n) is 3.89. The van der Waals surface area contributed by atoms with Gasteiger partial charge in [-0.1, -0.05) is 15.9 Å². The summed E-state index contributed by atoms with van der Waals surface area (Å²) in [5, 5.41) is 0.680. The van der Waals surface area contributed by atoms with Crippen molar-refractivity contribution in [2.45, 2.75) is 13.0 Å². The van der Waals surface area contributed by atoms with Crippen LogP contribution in [0.1, 0.15) is 12.0 Å². The van der Waals surface area contributed by atoms with E-state index < -0.39 is 0 Å². The summed E-state index contributed by atoms with van der Waals surface area (Å²) >= 11 is 6.60. The maximum atomic E-state index is 5.54. The number of hydrogen-bond donors (Lipinski definition) is 0. The van der Waals surface area contributed by atoms with Gasteiger partial charge < -0.3 is 9.47 Å². The normalized spacial score (nSPS) is 11.6. The molecule has 0 aliphatic carbocycles. The Balaban J connectivity index is 2.15. The smallest absolute Gasteiger partial charge is 0.188 e. The molecule has 0 spiro atoms. The summed E-state index contributed by atoms with van der Waals surface area (Å²) < 4.78 is 11.9. The highest BCUT2D eigenvalue weighted by atomic mass is 79.9. The molecule has 6 heteroatoms. The monoisotopic (exact) mass is 414 g/mol. The Morgan fingerprint density at radius 1 is 1.43 bits per heavy atom. The molecule has 0 radical (unpaired) electrons. The van der Waals surface area contributed by atoms with Crippen LogP contribution in [0.3, 0.4) is 0 Å². The fourth-order valence-corrected chi connectivity index (χ4v) is 1.92. The van der Waals surface area contributed by atoms with E-state index in [1.807, 2.05) is 6.07 Å². The molecule has 0 atom stereocenters. The maximum Gasteiger partial charge on any atom is 0.188 e. The fourth-order valence-electron chi connectivity index (χ4n) is 1.34. The minimum absolute atomic E-state index is 0.420. The van der Waals surface area contributed by atoms with Crippen molar-refractivity contribution in [1.29, 1.82) is 0 Å². The number of rotatable bonds is 9. The topological polar surface area (TPSA) is 43.7 Å². The number of nitrogens with zero attached hydrogens (tertiary/aromatic N) is 2. The lowest BCUT2D eigenvalue weighted by Gasteiger charge is -2.06.